The fourth-order valence-corrected chi connectivity index (χ4v) is 8.51. The molecule has 4 aliphatic rings. The molecule has 9 atom stereocenters. The molecule has 0 amide bonds. The molecule has 5 nitrogen and oxygen atoms in total. The quantitative estimate of drug-likeness (QED) is 0.426. The number of rotatable bonds is 6. The van der Waals surface area contributed by atoms with Gasteiger partial charge >= 0.3 is 0 Å². The molecular weight excluding hydrogens is 469 g/mol. The number of ketones is 1. The van der Waals surface area contributed by atoms with Crippen LogP contribution in [0.3, 0.4) is 0 Å². The standard InChI is InChI=1S/C25H33F3O5S/c1-5-32-13-33-25(21(31)34-12-26)14(2)8-16-17-10-19(27)18-9-15(29)6-7-22(18,3)24(17,28)20(30)11-23(16,25)4/h6-7,9,14,16-17,19-20,30H,5,8,10-13H2,1-4H3/t14-,16?,17?,19+,20+,22+,23+,24+,25+/m1/s1. The number of fused-ring (bicyclic) bond motifs is 5. The highest BCUT2D eigenvalue weighted by Gasteiger charge is 2.77. The summed E-state index contributed by atoms with van der Waals surface area (Å²) in [5.41, 5.74) is -6.28. The largest absolute Gasteiger partial charge is 0.390 e. The van der Waals surface area contributed by atoms with Crippen LogP contribution in [-0.2, 0) is 19.1 Å². The first kappa shape index (κ1) is 25.9. The third kappa shape index (κ3) is 3.19. The molecule has 0 aliphatic heterocycles. The Balaban J connectivity index is 1.83. The van der Waals surface area contributed by atoms with Gasteiger partial charge < -0.3 is 14.6 Å². The molecule has 0 aromatic heterocycles. The summed E-state index contributed by atoms with van der Waals surface area (Å²) in [6, 6.07) is -0.942. The Morgan fingerprint density at radius 1 is 1.29 bits per heavy atom. The van der Waals surface area contributed by atoms with Crippen molar-refractivity contribution >= 4 is 22.7 Å². The SMILES string of the molecule is CCOCO[C@]1(C(=O)SCF)[C@H](C)CC2C3C[C@H](F)C4=CC(=O)C=C[C@]4(C)[C@@]3(F)[C@@H](O)C[C@@]21C. The highest BCUT2D eigenvalue weighted by molar-refractivity contribution is 8.13. The number of thioether (sulfide) groups is 1. The van der Waals surface area contributed by atoms with Gasteiger partial charge in [0, 0.05) is 23.4 Å². The van der Waals surface area contributed by atoms with Gasteiger partial charge in [-0.2, -0.15) is 0 Å². The number of ether oxygens (including phenoxy) is 2. The lowest BCUT2D eigenvalue weighted by molar-refractivity contribution is -0.243. The topological polar surface area (TPSA) is 72.8 Å². The van der Waals surface area contributed by atoms with Crippen LogP contribution in [0.15, 0.2) is 23.8 Å². The average Bonchev–Trinajstić information content (AvgIpc) is 2.99. The van der Waals surface area contributed by atoms with Crippen LogP contribution in [0, 0.1) is 28.6 Å². The molecule has 0 bridgehead atoms. The van der Waals surface area contributed by atoms with Gasteiger partial charge in [-0.25, -0.2) is 13.2 Å². The molecule has 0 heterocycles. The summed E-state index contributed by atoms with van der Waals surface area (Å²) in [4.78, 5) is 25.4. The van der Waals surface area contributed by atoms with Crippen molar-refractivity contribution in [3.8, 4) is 0 Å². The van der Waals surface area contributed by atoms with Crippen LogP contribution < -0.4 is 0 Å². The molecule has 4 rings (SSSR count). The summed E-state index contributed by atoms with van der Waals surface area (Å²) in [6.07, 6.45) is 0.668. The lowest BCUT2D eigenvalue weighted by atomic mass is 9.44. The maximum absolute atomic E-state index is 17.2. The van der Waals surface area contributed by atoms with Crippen molar-refractivity contribution in [3.05, 3.63) is 23.8 Å². The second-order valence-corrected chi connectivity index (χ2v) is 11.4. The van der Waals surface area contributed by atoms with Crippen molar-refractivity contribution in [2.24, 2.45) is 28.6 Å². The van der Waals surface area contributed by atoms with Gasteiger partial charge in [0.05, 0.1) is 6.10 Å². The number of aliphatic hydroxyl groups excluding tert-OH is 1. The second-order valence-electron chi connectivity index (χ2n) is 10.5. The summed E-state index contributed by atoms with van der Waals surface area (Å²) >= 11 is 0.498. The van der Waals surface area contributed by atoms with Crippen LogP contribution in [0.25, 0.3) is 0 Å². The lowest BCUT2D eigenvalue weighted by Crippen LogP contribution is -2.70. The van der Waals surface area contributed by atoms with E-state index in [2.05, 4.69) is 0 Å². The summed E-state index contributed by atoms with van der Waals surface area (Å²) in [5.74, 6) is -2.28. The van der Waals surface area contributed by atoms with Gasteiger partial charge in [0.25, 0.3) is 0 Å². The minimum absolute atomic E-state index is 0.0513. The molecule has 9 heteroatoms. The highest BCUT2D eigenvalue weighted by Crippen LogP contribution is 2.72. The number of alkyl halides is 3. The van der Waals surface area contributed by atoms with E-state index in [1.807, 2.05) is 0 Å². The first-order valence-corrected chi connectivity index (χ1v) is 12.8. The zero-order valence-electron chi connectivity index (χ0n) is 20.0. The molecule has 0 aromatic rings. The molecule has 0 spiro atoms. The molecule has 0 radical (unpaired) electrons. The molecule has 4 aliphatic carbocycles. The van der Waals surface area contributed by atoms with Crippen LogP contribution in [0.1, 0.15) is 47.0 Å². The van der Waals surface area contributed by atoms with Crippen LogP contribution in [0.5, 0.6) is 0 Å². The molecular formula is C25H33F3O5S. The van der Waals surface area contributed by atoms with E-state index in [0.29, 0.717) is 24.8 Å². The van der Waals surface area contributed by atoms with Crippen molar-refractivity contribution in [2.75, 3.05) is 19.4 Å². The Morgan fingerprint density at radius 3 is 2.65 bits per heavy atom. The Morgan fingerprint density at radius 2 is 2.00 bits per heavy atom. The van der Waals surface area contributed by atoms with Gasteiger partial charge in [-0.15, -0.1) is 0 Å². The number of hydrogen-bond acceptors (Lipinski definition) is 6. The van der Waals surface area contributed by atoms with E-state index in [-0.39, 0.29) is 25.2 Å². The zero-order chi connectivity index (χ0) is 25.1. The fourth-order valence-electron chi connectivity index (χ4n) is 7.70. The molecule has 0 saturated heterocycles. The number of halogens is 3. The highest BCUT2D eigenvalue weighted by atomic mass is 32.2. The van der Waals surface area contributed by atoms with Crippen LogP contribution in [0.2, 0.25) is 0 Å². The smallest absolute Gasteiger partial charge is 0.224 e. The van der Waals surface area contributed by atoms with Gasteiger partial charge in [-0.1, -0.05) is 31.7 Å². The first-order chi connectivity index (χ1) is 15.9. The number of allylic oxidation sites excluding steroid dienone is 4. The maximum Gasteiger partial charge on any atom is 0.224 e. The summed E-state index contributed by atoms with van der Waals surface area (Å²) in [6.45, 7) is 7.03. The van der Waals surface area contributed by atoms with Gasteiger partial charge in [-0.3, -0.25) is 9.59 Å². The summed E-state index contributed by atoms with van der Waals surface area (Å²) in [7, 11) is 0. The third-order valence-electron chi connectivity index (χ3n) is 9.23. The van der Waals surface area contributed by atoms with Crippen molar-refractivity contribution in [1.82, 2.24) is 0 Å². The summed E-state index contributed by atoms with van der Waals surface area (Å²) in [5, 5.41) is 10.9. The Labute approximate surface area is 202 Å². The Kier molecular flexibility index (Phi) is 6.67. The van der Waals surface area contributed by atoms with E-state index in [4.69, 9.17) is 9.47 Å². The second kappa shape index (κ2) is 8.75. The van der Waals surface area contributed by atoms with Crippen molar-refractivity contribution in [1.29, 1.82) is 0 Å². The lowest BCUT2D eigenvalue weighted by Gasteiger charge is -2.63. The minimum Gasteiger partial charge on any atom is -0.390 e. The fraction of sp³-hybridized carbons (Fsp3) is 0.760. The minimum atomic E-state index is -2.24. The molecule has 2 unspecified atom stereocenters. The van der Waals surface area contributed by atoms with Crippen molar-refractivity contribution in [2.45, 2.75) is 70.5 Å². The van der Waals surface area contributed by atoms with Gasteiger partial charge in [-0.05, 0) is 62.7 Å². The zero-order valence-corrected chi connectivity index (χ0v) is 20.8. The monoisotopic (exact) mass is 502 g/mol. The molecule has 1 N–H and O–H groups in total. The molecule has 0 aromatic carbocycles. The van der Waals surface area contributed by atoms with E-state index in [1.165, 1.54) is 19.1 Å². The molecule has 34 heavy (non-hydrogen) atoms. The van der Waals surface area contributed by atoms with E-state index < -0.39 is 69.0 Å². The number of hydrogen-bond donors (Lipinski definition) is 1. The number of aliphatic hydroxyl groups is 1. The average molecular weight is 503 g/mol. The Bertz CT molecular complexity index is 926. The van der Waals surface area contributed by atoms with E-state index >= 15 is 8.78 Å². The van der Waals surface area contributed by atoms with E-state index in [0.717, 1.165) is 6.08 Å². The summed E-state index contributed by atoms with van der Waals surface area (Å²) < 4.78 is 57.6. The predicted octanol–water partition coefficient (Wildman–Crippen LogP) is 4.49. The van der Waals surface area contributed by atoms with E-state index in [9.17, 15) is 19.1 Å². The predicted molar refractivity (Wildman–Crippen MR) is 122 cm³/mol. The van der Waals surface area contributed by atoms with Gasteiger partial charge in [0.1, 0.15) is 24.6 Å². The van der Waals surface area contributed by atoms with Crippen LogP contribution >= 0.6 is 11.8 Å². The third-order valence-corrected chi connectivity index (χ3v) is 9.91. The Hall–Kier alpha value is -1.16. The van der Waals surface area contributed by atoms with Gasteiger partial charge in [0.15, 0.2) is 11.5 Å². The van der Waals surface area contributed by atoms with Gasteiger partial charge in [0.2, 0.25) is 5.12 Å². The molecule has 190 valence electrons. The van der Waals surface area contributed by atoms with Crippen molar-refractivity contribution in [3.63, 3.8) is 0 Å². The van der Waals surface area contributed by atoms with Crippen LogP contribution in [-0.4, -0.2) is 59.0 Å². The number of carbonyl (C=O) groups is 2. The first-order valence-electron chi connectivity index (χ1n) is 11.8. The normalized spacial score (nSPS) is 47.6. The maximum atomic E-state index is 17.2. The van der Waals surface area contributed by atoms with E-state index in [1.54, 1.807) is 20.8 Å². The molecule has 3 saturated carbocycles. The van der Waals surface area contributed by atoms with Crippen molar-refractivity contribution < 1.29 is 37.3 Å². The van der Waals surface area contributed by atoms with Crippen LogP contribution in [0.4, 0.5) is 13.2 Å². The number of carbonyl (C=O) groups excluding carboxylic acids is 2. The molecule has 3 fully saturated rings.